The monoisotopic (exact) mass is 329 g/mol. The van der Waals surface area contributed by atoms with E-state index in [0.29, 0.717) is 16.5 Å². The Morgan fingerprint density at radius 2 is 2.00 bits per heavy atom. The summed E-state index contributed by atoms with van der Waals surface area (Å²) in [5, 5.41) is 0.345. The number of benzene rings is 2. The lowest BCUT2D eigenvalue weighted by Gasteiger charge is -2.09. The van der Waals surface area contributed by atoms with Gasteiger partial charge in [0.25, 0.3) is 0 Å². The summed E-state index contributed by atoms with van der Waals surface area (Å²) in [4.78, 5) is 0. The molecule has 0 unspecified atom stereocenters. The third-order valence-electron chi connectivity index (χ3n) is 2.30. The average Bonchev–Trinajstić information content (AvgIpc) is 2.26. The molecule has 18 heavy (non-hydrogen) atoms. The predicted molar refractivity (Wildman–Crippen MR) is 74.3 cm³/mol. The van der Waals surface area contributed by atoms with Crippen LogP contribution in [-0.2, 0) is 6.61 Å². The van der Waals surface area contributed by atoms with E-state index >= 15 is 0 Å². The Balaban J connectivity index is 2.11. The van der Waals surface area contributed by atoms with Crippen molar-refractivity contribution in [3.05, 3.63) is 57.3 Å². The summed E-state index contributed by atoms with van der Waals surface area (Å²) >= 11 is 9.23. The molecule has 0 saturated heterocycles. The summed E-state index contributed by atoms with van der Waals surface area (Å²) in [5.74, 6) is 0.262. The first-order valence-corrected chi connectivity index (χ1v) is 6.34. The van der Waals surface area contributed by atoms with Crippen LogP contribution in [0.4, 0.5) is 10.1 Å². The molecule has 2 aromatic carbocycles. The molecule has 0 fully saturated rings. The van der Waals surface area contributed by atoms with Gasteiger partial charge in [-0.2, -0.15) is 0 Å². The Bertz CT molecular complexity index is 557. The molecule has 2 N–H and O–H groups in total. The Morgan fingerprint density at radius 1 is 1.22 bits per heavy atom. The molecule has 2 rings (SSSR count). The fraction of sp³-hybridized carbons (Fsp3) is 0.0769. The second-order valence-corrected chi connectivity index (χ2v) is 5.07. The van der Waals surface area contributed by atoms with Crippen LogP contribution in [-0.4, -0.2) is 0 Å². The van der Waals surface area contributed by atoms with Crippen LogP contribution < -0.4 is 10.5 Å². The third-order valence-corrected chi connectivity index (χ3v) is 3.11. The van der Waals surface area contributed by atoms with Gasteiger partial charge in [-0.1, -0.05) is 33.6 Å². The maximum Gasteiger partial charge on any atom is 0.124 e. The lowest BCUT2D eigenvalue weighted by Crippen LogP contribution is -1.97. The van der Waals surface area contributed by atoms with Gasteiger partial charge in [-0.05, 0) is 24.3 Å². The van der Waals surface area contributed by atoms with Crippen LogP contribution in [0.25, 0.3) is 0 Å². The molecule has 0 aliphatic rings. The van der Waals surface area contributed by atoms with Crippen molar-refractivity contribution in [1.82, 2.24) is 0 Å². The maximum absolute atomic E-state index is 12.9. The normalized spacial score (nSPS) is 10.4. The lowest BCUT2D eigenvalue weighted by molar-refractivity contribution is 0.306. The molecule has 0 aliphatic carbocycles. The van der Waals surface area contributed by atoms with Crippen molar-refractivity contribution in [2.24, 2.45) is 0 Å². The fourth-order valence-corrected chi connectivity index (χ4v) is 2.18. The second-order valence-electron chi connectivity index (χ2n) is 3.74. The van der Waals surface area contributed by atoms with Crippen LogP contribution in [0.1, 0.15) is 5.56 Å². The van der Waals surface area contributed by atoms with Crippen molar-refractivity contribution in [2.45, 2.75) is 6.61 Å². The maximum atomic E-state index is 12.9. The lowest BCUT2D eigenvalue weighted by atomic mass is 10.2. The largest absolute Gasteiger partial charge is 0.489 e. The van der Waals surface area contributed by atoms with Gasteiger partial charge in [0.1, 0.15) is 18.2 Å². The molecule has 0 saturated carbocycles. The molecule has 0 aliphatic heterocycles. The summed E-state index contributed by atoms with van der Waals surface area (Å²) in [6, 6.07) is 9.49. The number of halogens is 3. The number of anilines is 1. The molecular weight excluding hydrogens is 321 g/mol. The van der Waals surface area contributed by atoms with E-state index < -0.39 is 0 Å². The number of rotatable bonds is 3. The van der Waals surface area contributed by atoms with E-state index in [-0.39, 0.29) is 12.4 Å². The number of nitrogens with two attached hydrogens (primary N) is 1. The van der Waals surface area contributed by atoms with E-state index in [1.165, 1.54) is 12.1 Å². The number of hydrogen-bond acceptors (Lipinski definition) is 2. The van der Waals surface area contributed by atoms with Gasteiger partial charge in [-0.15, -0.1) is 0 Å². The minimum absolute atomic E-state index is 0.259. The Labute approximate surface area is 118 Å². The first-order valence-electron chi connectivity index (χ1n) is 5.17. The summed E-state index contributed by atoms with van der Waals surface area (Å²) in [7, 11) is 0. The third kappa shape index (κ3) is 3.37. The van der Waals surface area contributed by atoms with Gasteiger partial charge in [0.15, 0.2) is 0 Å². The highest BCUT2D eigenvalue weighted by molar-refractivity contribution is 9.10. The van der Waals surface area contributed by atoms with Gasteiger partial charge in [-0.3, -0.25) is 0 Å². The molecule has 0 amide bonds. The van der Waals surface area contributed by atoms with Gasteiger partial charge in [0.05, 0.1) is 5.02 Å². The van der Waals surface area contributed by atoms with Crippen LogP contribution in [0.5, 0.6) is 5.75 Å². The zero-order valence-electron chi connectivity index (χ0n) is 9.29. The molecule has 2 nitrogen and oxygen atoms in total. The van der Waals surface area contributed by atoms with Crippen molar-refractivity contribution in [2.75, 3.05) is 5.73 Å². The molecule has 2 aromatic rings. The van der Waals surface area contributed by atoms with E-state index in [9.17, 15) is 4.39 Å². The highest BCUT2D eigenvalue weighted by Gasteiger charge is 2.04. The van der Waals surface area contributed by atoms with Crippen LogP contribution in [0.2, 0.25) is 5.02 Å². The van der Waals surface area contributed by atoms with E-state index in [0.717, 1.165) is 10.0 Å². The van der Waals surface area contributed by atoms with Gasteiger partial charge < -0.3 is 10.5 Å². The van der Waals surface area contributed by atoms with E-state index in [1.807, 2.05) is 0 Å². The van der Waals surface area contributed by atoms with Gasteiger partial charge >= 0.3 is 0 Å². The quantitative estimate of drug-likeness (QED) is 0.846. The summed E-state index contributed by atoms with van der Waals surface area (Å²) in [6.45, 7) is 0.259. The van der Waals surface area contributed by atoms with E-state index in [1.54, 1.807) is 24.3 Å². The highest BCUT2D eigenvalue weighted by atomic mass is 79.9. The molecule has 0 heterocycles. The fourth-order valence-electron chi connectivity index (χ4n) is 1.47. The number of nitrogen functional groups attached to an aromatic ring is 1. The van der Waals surface area contributed by atoms with Crippen molar-refractivity contribution < 1.29 is 9.13 Å². The zero-order chi connectivity index (χ0) is 13.1. The smallest absolute Gasteiger partial charge is 0.124 e. The van der Waals surface area contributed by atoms with Crippen LogP contribution in [0, 0.1) is 5.82 Å². The molecule has 0 bridgehead atoms. The average molecular weight is 331 g/mol. The number of hydrogen-bond donors (Lipinski definition) is 1. The highest BCUT2D eigenvalue weighted by Crippen LogP contribution is 2.25. The predicted octanol–water partition coefficient (Wildman–Crippen LogP) is 4.40. The standard InChI is InChI=1S/C13H10BrClFNO/c14-9-3-11(17)6-12(4-9)18-7-8-1-2-10(16)5-13(8)15/h1-6H,7,17H2. The first-order chi connectivity index (χ1) is 8.54. The molecular formula is C13H10BrClFNO. The van der Waals surface area contributed by atoms with Gasteiger partial charge in [0.2, 0.25) is 0 Å². The Morgan fingerprint density at radius 3 is 2.67 bits per heavy atom. The molecule has 0 atom stereocenters. The molecule has 5 heteroatoms. The summed E-state index contributed by atoms with van der Waals surface area (Å²) in [5.41, 5.74) is 7.01. The van der Waals surface area contributed by atoms with Gasteiger partial charge in [-0.25, -0.2) is 4.39 Å². The van der Waals surface area contributed by atoms with E-state index in [2.05, 4.69) is 15.9 Å². The van der Waals surface area contributed by atoms with Gasteiger partial charge in [0, 0.05) is 21.8 Å². The van der Waals surface area contributed by atoms with Crippen molar-refractivity contribution in [3.8, 4) is 5.75 Å². The molecule has 94 valence electrons. The number of ether oxygens (including phenoxy) is 1. The molecule has 0 spiro atoms. The minimum Gasteiger partial charge on any atom is -0.489 e. The summed E-state index contributed by atoms with van der Waals surface area (Å²) in [6.07, 6.45) is 0. The minimum atomic E-state index is -0.365. The zero-order valence-corrected chi connectivity index (χ0v) is 11.6. The van der Waals surface area contributed by atoms with Crippen molar-refractivity contribution in [3.63, 3.8) is 0 Å². The topological polar surface area (TPSA) is 35.2 Å². The van der Waals surface area contributed by atoms with E-state index in [4.69, 9.17) is 22.1 Å². The second kappa shape index (κ2) is 5.59. The molecule has 0 aromatic heterocycles. The molecule has 0 radical (unpaired) electrons. The van der Waals surface area contributed by atoms with Crippen LogP contribution >= 0.6 is 27.5 Å². The Kier molecular flexibility index (Phi) is 4.09. The Hall–Kier alpha value is -1.26. The van der Waals surface area contributed by atoms with Crippen LogP contribution in [0.3, 0.4) is 0 Å². The first kappa shape index (κ1) is 13.2. The van der Waals surface area contributed by atoms with Crippen LogP contribution in [0.15, 0.2) is 40.9 Å². The van der Waals surface area contributed by atoms with Crippen molar-refractivity contribution >= 4 is 33.2 Å². The summed E-state index contributed by atoms with van der Waals surface area (Å²) < 4.78 is 19.3. The SMILES string of the molecule is Nc1cc(Br)cc(OCc2ccc(F)cc2Cl)c1. The van der Waals surface area contributed by atoms with Crippen molar-refractivity contribution in [1.29, 1.82) is 0 Å².